The molecule has 0 aliphatic rings. The van der Waals surface area contributed by atoms with Crippen molar-refractivity contribution >= 4 is 5.97 Å². The van der Waals surface area contributed by atoms with E-state index in [0.29, 0.717) is 0 Å². The fourth-order valence-electron chi connectivity index (χ4n) is 0.998. The van der Waals surface area contributed by atoms with Gasteiger partial charge < -0.3 is 15.3 Å². The van der Waals surface area contributed by atoms with Crippen molar-refractivity contribution in [3.05, 3.63) is 29.6 Å². The summed E-state index contributed by atoms with van der Waals surface area (Å²) in [6.07, 6.45) is -1.06. The lowest BCUT2D eigenvalue weighted by atomic mass is 10.1. The summed E-state index contributed by atoms with van der Waals surface area (Å²) in [5.41, 5.74) is 0.271. The SMILES string of the molecule is N#Cc1cncc(C(O)C(O)C(=O)O)c1. The van der Waals surface area contributed by atoms with E-state index in [4.69, 9.17) is 15.5 Å². The maximum atomic E-state index is 10.4. The van der Waals surface area contributed by atoms with Crippen molar-refractivity contribution in [2.24, 2.45) is 0 Å². The van der Waals surface area contributed by atoms with Crippen LogP contribution in [-0.4, -0.2) is 32.4 Å². The molecule has 1 heterocycles. The molecule has 0 saturated heterocycles. The van der Waals surface area contributed by atoms with Gasteiger partial charge in [-0.3, -0.25) is 4.98 Å². The molecule has 3 N–H and O–H groups in total. The van der Waals surface area contributed by atoms with Crippen LogP contribution in [0.15, 0.2) is 18.5 Å². The van der Waals surface area contributed by atoms with Crippen LogP contribution in [0.25, 0.3) is 0 Å². The maximum Gasteiger partial charge on any atom is 0.335 e. The highest BCUT2D eigenvalue weighted by Crippen LogP contribution is 2.16. The molecule has 1 aromatic rings. The molecule has 1 rings (SSSR count). The van der Waals surface area contributed by atoms with Crippen molar-refractivity contribution in [3.63, 3.8) is 0 Å². The van der Waals surface area contributed by atoms with Gasteiger partial charge in [-0.2, -0.15) is 5.26 Å². The summed E-state index contributed by atoms with van der Waals surface area (Å²) in [5.74, 6) is -1.54. The highest BCUT2D eigenvalue weighted by atomic mass is 16.4. The second-order valence-electron chi connectivity index (χ2n) is 2.85. The van der Waals surface area contributed by atoms with Crippen LogP contribution in [-0.2, 0) is 4.79 Å². The number of rotatable bonds is 3. The van der Waals surface area contributed by atoms with E-state index >= 15 is 0 Å². The molecule has 15 heavy (non-hydrogen) atoms. The third kappa shape index (κ3) is 2.49. The van der Waals surface area contributed by atoms with Gasteiger partial charge in [0, 0.05) is 18.0 Å². The molecule has 0 aliphatic carbocycles. The first-order chi connectivity index (χ1) is 7.06. The monoisotopic (exact) mass is 208 g/mol. The number of pyridine rings is 1. The Labute approximate surface area is 85.0 Å². The summed E-state index contributed by atoms with van der Waals surface area (Å²) in [6.45, 7) is 0. The van der Waals surface area contributed by atoms with Crippen molar-refractivity contribution in [2.75, 3.05) is 0 Å². The van der Waals surface area contributed by atoms with Crippen LogP contribution in [0.1, 0.15) is 17.2 Å². The molecule has 0 spiro atoms. The van der Waals surface area contributed by atoms with E-state index in [-0.39, 0.29) is 11.1 Å². The zero-order chi connectivity index (χ0) is 11.4. The van der Waals surface area contributed by atoms with Crippen molar-refractivity contribution < 1.29 is 20.1 Å². The molecule has 2 unspecified atom stereocenters. The van der Waals surface area contributed by atoms with E-state index in [2.05, 4.69) is 4.98 Å². The fourth-order valence-corrected chi connectivity index (χ4v) is 0.998. The summed E-state index contributed by atoms with van der Waals surface area (Å²) in [5, 5.41) is 35.4. The third-order valence-electron chi connectivity index (χ3n) is 1.78. The molecule has 0 radical (unpaired) electrons. The van der Waals surface area contributed by atoms with Crippen LogP contribution in [0.3, 0.4) is 0 Å². The lowest BCUT2D eigenvalue weighted by Crippen LogP contribution is -2.27. The Hall–Kier alpha value is -1.97. The van der Waals surface area contributed by atoms with E-state index < -0.39 is 18.2 Å². The molecule has 6 nitrogen and oxygen atoms in total. The Balaban J connectivity index is 2.96. The fraction of sp³-hybridized carbons (Fsp3) is 0.222. The molecular formula is C9H8N2O4. The molecule has 0 bridgehead atoms. The molecule has 0 aliphatic heterocycles. The predicted molar refractivity (Wildman–Crippen MR) is 47.6 cm³/mol. The van der Waals surface area contributed by atoms with E-state index in [1.54, 1.807) is 6.07 Å². The van der Waals surface area contributed by atoms with E-state index in [9.17, 15) is 9.90 Å². The molecular weight excluding hydrogens is 200 g/mol. The number of nitrogens with zero attached hydrogens (tertiary/aromatic N) is 2. The van der Waals surface area contributed by atoms with E-state index in [1.165, 1.54) is 18.5 Å². The van der Waals surface area contributed by atoms with E-state index in [0.717, 1.165) is 0 Å². The van der Waals surface area contributed by atoms with Crippen LogP contribution < -0.4 is 0 Å². The minimum absolute atomic E-state index is 0.0870. The Morgan fingerprint density at radius 1 is 1.47 bits per heavy atom. The van der Waals surface area contributed by atoms with Gasteiger partial charge in [-0.25, -0.2) is 4.79 Å². The van der Waals surface area contributed by atoms with Gasteiger partial charge in [-0.05, 0) is 6.07 Å². The zero-order valence-corrected chi connectivity index (χ0v) is 7.53. The second kappa shape index (κ2) is 4.50. The number of nitriles is 1. The van der Waals surface area contributed by atoms with Crippen molar-refractivity contribution in [3.8, 4) is 6.07 Å². The smallest absolute Gasteiger partial charge is 0.335 e. The number of carbonyl (C=O) groups is 1. The van der Waals surface area contributed by atoms with Crippen molar-refractivity contribution in [1.82, 2.24) is 4.98 Å². The van der Waals surface area contributed by atoms with Crippen molar-refractivity contribution in [2.45, 2.75) is 12.2 Å². The number of aliphatic hydroxyl groups is 2. The Morgan fingerprint density at radius 2 is 2.13 bits per heavy atom. The molecule has 78 valence electrons. The quantitative estimate of drug-likeness (QED) is 0.612. The molecule has 0 fully saturated rings. The number of aromatic nitrogens is 1. The normalized spacial score (nSPS) is 13.9. The zero-order valence-electron chi connectivity index (χ0n) is 7.53. The number of carboxylic acids is 1. The van der Waals surface area contributed by atoms with Crippen LogP contribution in [0.2, 0.25) is 0 Å². The molecule has 6 heteroatoms. The standard InChI is InChI=1S/C9H8N2O4/c10-2-5-1-6(4-11-3-5)7(12)8(13)9(14)15/h1,3-4,7-8,12-13H,(H,14,15). The largest absolute Gasteiger partial charge is 0.479 e. The molecule has 0 aromatic carbocycles. The summed E-state index contributed by atoms with van der Waals surface area (Å²) < 4.78 is 0. The van der Waals surface area contributed by atoms with Gasteiger partial charge in [-0.15, -0.1) is 0 Å². The molecule has 2 atom stereocenters. The first kappa shape index (κ1) is 11.1. The van der Waals surface area contributed by atoms with Crippen LogP contribution in [0, 0.1) is 11.3 Å². The summed E-state index contributed by atoms with van der Waals surface area (Å²) in [7, 11) is 0. The van der Waals surface area contributed by atoms with Gasteiger partial charge in [0.1, 0.15) is 12.2 Å². The third-order valence-corrected chi connectivity index (χ3v) is 1.78. The molecule has 0 saturated carbocycles. The average Bonchev–Trinajstić information content (AvgIpc) is 2.27. The van der Waals surface area contributed by atoms with Gasteiger partial charge in [-0.1, -0.05) is 0 Å². The Morgan fingerprint density at radius 3 is 2.67 bits per heavy atom. The minimum Gasteiger partial charge on any atom is -0.479 e. The number of aliphatic carboxylic acids is 1. The summed E-state index contributed by atoms with van der Waals surface area (Å²) in [6, 6.07) is 3.06. The average molecular weight is 208 g/mol. The minimum atomic E-state index is -1.93. The van der Waals surface area contributed by atoms with Gasteiger partial charge in [0.15, 0.2) is 6.10 Å². The molecule has 0 amide bonds. The highest BCUT2D eigenvalue weighted by molar-refractivity contribution is 5.73. The lowest BCUT2D eigenvalue weighted by Gasteiger charge is -2.13. The van der Waals surface area contributed by atoms with E-state index in [1.807, 2.05) is 0 Å². The maximum absolute atomic E-state index is 10.4. The van der Waals surface area contributed by atoms with Crippen LogP contribution in [0.5, 0.6) is 0 Å². The number of hydrogen-bond donors (Lipinski definition) is 3. The Bertz CT molecular complexity index is 413. The first-order valence-electron chi connectivity index (χ1n) is 4.00. The van der Waals surface area contributed by atoms with Gasteiger partial charge in [0.05, 0.1) is 5.56 Å². The molecule has 1 aromatic heterocycles. The van der Waals surface area contributed by atoms with Gasteiger partial charge in [0.25, 0.3) is 0 Å². The van der Waals surface area contributed by atoms with Crippen molar-refractivity contribution in [1.29, 1.82) is 5.26 Å². The van der Waals surface area contributed by atoms with Gasteiger partial charge in [0.2, 0.25) is 0 Å². The Kier molecular flexibility index (Phi) is 3.33. The van der Waals surface area contributed by atoms with Gasteiger partial charge >= 0.3 is 5.97 Å². The lowest BCUT2D eigenvalue weighted by molar-refractivity contribution is -0.153. The highest BCUT2D eigenvalue weighted by Gasteiger charge is 2.25. The number of carboxylic acid groups (broad SMARTS) is 1. The second-order valence-corrected chi connectivity index (χ2v) is 2.85. The number of hydrogen-bond acceptors (Lipinski definition) is 5. The summed E-state index contributed by atoms with van der Waals surface area (Å²) >= 11 is 0. The number of aliphatic hydroxyl groups excluding tert-OH is 2. The van der Waals surface area contributed by atoms with Crippen LogP contribution in [0.4, 0.5) is 0 Å². The summed E-state index contributed by atoms with van der Waals surface area (Å²) in [4.78, 5) is 14.0. The first-order valence-corrected chi connectivity index (χ1v) is 4.00. The van der Waals surface area contributed by atoms with Crippen LogP contribution >= 0.6 is 0 Å². The predicted octanol–water partition coefficient (Wildman–Crippen LogP) is -0.568. The topological polar surface area (TPSA) is 114 Å².